The number of halogens is 3. The summed E-state index contributed by atoms with van der Waals surface area (Å²) in [5, 5.41) is 14.9. The second kappa shape index (κ2) is 14.0. The third kappa shape index (κ3) is 7.71. The minimum atomic E-state index is -4.54. The van der Waals surface area contributed by atoms with Crippen LogP contribution in [-0.2, 0) is 16.2 Å². The average Bonchev–Trinajstić information content (AvgIpc) is 3.02. The molecule has 0 aliphatic carbocycles. The lowest BCUT2D eigenvalue weighted by molar-refractivity contribution is -0.137. The fourth-order valence-corrected chi connectivity index (χ4v) is 6.05. The molecule has 0 radical (unpaired) electrons. The average molecular weight is 665 g/mol. The van der Waals surface area contributed by atoms with E-state index in [0.29, 0.717) is 5.75 Å². The number of carbonyl (C=O) groups excluding carboxylic acids is 2. The fourth-order valence-electron chi connectivity index (χ4n) is 4.87. The Balaban J connectivity index is 1.65. The number of fused-ring (bicyclic) bond motifs is 1. The first kappa shape index (κ1) is 34.5. The number of ether oxygens (including phenoxy) is 2. The molecule has 15 heteroatoms. The van der Waals surface area contributed by atoms with Crippen LogP contribution in [0.5, 0.6) is 11.5 Å². The summed E-state index contributed by atoms with van der Waals surface area (Å²) in [6.07, 6.45) is -5.37. The largest absolute Gasteiger partial charge is 0.497 e. The van der Waals surface area contributed by atoms with Crippen molar-refractivity contribution >= 4 is 33.3 Å². The van der Waals surface area contributed by atoms with Crippen molar-refractivity contribution in [1.82, 2.24) is 9.21 Å². The van der Waals surface area contributed by atoms with Crippen LogP contribution in [-0.4, -0.2) is 80.7 Å². The van der Waals surface area contributed by atoms with Gasteiger partial charge in [0.2, 0.25) is 10.0 Å². The van der Waals surface area contributed by atoms with Crippen LogP contribution < -0.4 is 20.1 Å². The molecule has 46 heavy (non-hydrogen) atoms. The van der Waals surface area contributed by atoms with Crippen molar-refractivity contribution in [3.8, 4) is 11.5 Å². The molecule has 3 aromatic carbocycles. The van der Waals surface area contributed by atoms with E-state index in [0.717, 1.165) is 28.6 Å². The Morgan fingerprint density at radius 3 is 2.35 bits per heavy atom. The second-order valence-corrected chi connectivity index (χ2v) is 13.0. The molecule has 0 bridgehead atoms. The molecule has 0 spiro atoms. The van der Waals surface area contributed by atoms with E-state index in [2.05, 4.69) is 10.6 Å². The van der Waals surface area contributed by atoms with Gasteiger partial charge in [-0.25, -0.2) is 13.2 Å². The molecule has 3 N–H and O–H groups in total. The van der Waals surface area contributed by atoms with Crippen LogP contribution in [0.1, 0.15) is 29.8 Å². The Bertz CT molecular complexity index is 1650. The van der Waals surface area contributed by atoms with Crippen molar-refractivity contribution in [3.63, 3.8) is 0 Å². The Kier molecular flexibility index (Phi) is 10.5. The molecular weight excluding hydrogens is 629 g/mol. The lowest BCUT2D eigenvalue weighted by Crippen LogP contribution is -2.50. The first-order valence-corrected chi connectivity index (χ1v) is 15.7. The summed E-state index contributed by atoms with van der Waals surface area (Å²) in [4.78, 5) is 28.1. The molecule has 0 fully saturated rings. The zero-order chi connectivity index (χ0) is 33.8. The monoisotopic (exact) mass is 664 g/mol. The molecule has 0 saturated heterocycles. The van der Waals surface area contributed by atoms with E-state index in [9.17, 15) is 36.3 Å². The number of benzene rings is 3. The first-order chi connectivity index (χ1) is 21.6. The number of amides is 3. The molecule has 3 atom stereocenters. The number of hydrogen-bond donors (Lipinski definition) is 3. The van der Waals surface area contributed by atoms with Gasteiger partial charge in [-0.15, -0.1) is 0 Å². The van der Waals surface area contributed by atoms with Crippen molar-refractivity contribution < 1.29 is 45.8 Å². The van der Waals surface area contributed by atoms with Gasteiger partial charge in [0.1, 0.15) is 11.9 Å². The molecule has 248 valence electrons. The minimum Gasteiger partial charge on any atom is -0.497 e. The Morgan fingerprint density at radius 1 is 1.11 bits per heavy atom. The molecular formula is C31H35F3N4O7S. The van der Waals surface area contributed by atoms with Gasteiger partial charge in [-0.2, -0.15) is 17.5 Å². The first-order valence-electron chi connectivity index (χ1n) is 14.2. The predicted molar refractivity (Wildman–Crippen MR) is 165 cm³/mol. The predicted octanol–water partition coefficient (Wildman–Crippen LogP) is 4.90. The Morgan fingerprint density at radius 2 is 1.76 bits per heavy atom. The third-order valence-electron chi connectivity index (χ3n) is 7.61. The SMILES string of the molecule is COc1ccc(S(=O)(=O)N(C)C[C@H]2Oc3c(NC(=O)Nc4ccc(C(F)(F)F)cc4)cccc3C(=O)N([C@@H](C)CO)C[C@@H]2C)cc1. The Labute approximate surface area is 265 Å². The van der Waals surface area contributed by atoms with Gasteiger partial charge >= 0.3 is 12.2 Å². The van der Waals surface area contributed by atoms with Crippen LogP contribution in [0.3, 0.4) is 0 Å². The highest BCUT2D eigenvalue weighted by atomic mass is 32.2. The number of urea groups is 1. The summed E-state index contributed by atoms with van der Waals surface area (Å²) in [6, 6.07) is 12.8. The maximum Gasteiger partial charge on any atom is 0.416 e. The van der Waals surface area contributed by atoms with Crippen LogP contribution >= 0.6 is 0 Å². The quantitative estimate of drug-likeness (QED) is 0.296. The highest BCUT2D eigenvalue weighted by molar-refractivity contribution is 7.89. The summed E-state index contributed by atoms with van der Waals surface area (Å²) >= 11 is 0. The van der Waals surface area contributed by atoms with Crippen molar-refractivity contribution in [1.29, 1.82) is 0 Å². The van der Waals surface area contributed by atoms with E-state index in [4.69, 9.17) is 9.47 Å². The van der Waals surface area contributed by atoms with Crippen LogP contribution in [0, 0.1) is 5.92 Å². The molecule has 3 aromatic rings. The highest BCUT2D eigenvalue weighted by Crippen LogP contribution is 2.36. The standard InChI is InChI=1S/C31H35F3N4O7S/c1-19-16-38(20(2)18-39)29(40)25-6-5-7-26(36-30(41)35-22-10-8-21(9-11-22)31(32,33)34)28(25)45-27(19)17-37(3)46(42,43)24-14-12-23(44-4)13-15-24/h5-15,19-20,27,39H,16-18H2,1-4H3,(H2,35,36,41)/t19-,20-,27+/m0/s1. The third-order valence-corrected chi connectivity index (χ3v) is 9.45. The van der Waals surface area contributed by atoms with Crippen molar-refractivity contribution in [3.05, 3.63) is 77.9 Å². The minimum absolute atomic E-state index is 0.0303. The molecule has 0 unspecified atom stereocenters. The maximum absolute atomic E-state index is 13.7. The summed E-state index contributed by atoms with van der Waals surface area (Å²) in [6.45, 7) is 3.10. The molecule has 1 heterocycles. The van der Waals surface area contributed by atoms with Gasteiger partial charge in [0.15, 0.2) is 5.75 Å². The number of aliphatic hydroxyl groups is 1. The molecule has 1 aliphatic rings. The fraction of sp³-hybridized carbons (Fsp3) is 0.355. The lowest BCUT2D eigenvalue weighted by Gasteiger charge is -2.38. The number of hydrogen-bond acceptors (Lipinski definition) is 7. The van der Waals surface area contributed by atoms with Gasteiger partial charge in [-0.05, 0) is 67.6 Å². The number of methoxy groups -OCH3 is 1. The van der Waals surface area contributed by atoms with Gasteiger partial charge in [0, 0.05) is 25.2 Å². The van der Waals surface area contributed by atoms with Gasteiger partial charge in [0.25, 0.3) is 5.91 Å². The maximum atomic E-state index is 13.7. The lowest BCUT2D eigenvalue weighted by atomic mass is 9.99. The van der Waals surface area contributed by atoms with Gasteiger partial charge in [-0.3, -0.25) is 4.79 Å². The van der Waals surface area contributed by atoms with E-state index < -0.39 is 51.8 Å². The summed E-state index contributed by atoms with van der Waals surface area (Å²) in [5.74, 6) is -0.473. The normalized spacial score (nSPS) is 17.8. The summed E-state index contributed by atoms with van der Waals surface area (Å²) in [7, 11) is -1.11. The molecule has 0 saturated carbocycles. The molecule has 0 aromatic heterocycles. The van der Waals surface area contributed by atoms with Crippen molar-refractivity contribution in [2.24, 2.45) is 5.92 Å². The second-order valence-electron chi connectivity index (χ2n) is 10.9. The van der Waals surface area contributed by atoms with Crippen molar-refractivity contribution in [2.45, 2.75) is 37.1 Å². The van der Waals surface area contributed by atoms with Crippen LogP contribution in [0.4, 0.5) is 29.3 Å². The van der Waals surface area contributed by atoms with Crippen LogP contribution in [0.15, 0.2) is 71.6 Å². The van der Waals surface area contributed by atoms with Gasteiger partial charge in [0.05, 0.1) is 48.0 Å². The number of para-hydroxylation sites is 1. The number of alkyl halides is 3. The number of nitrogens with one attached hydrogen (secondary N) is 2. The molecule has 11 nitrogen and oxygen atoms in total. The Hall–Kier alpha value is -4.34. The van der Waals surface area contributed by atoms with Gasteiger partial charge < -0.3 is 30.1 Å². The van der Waals surface area contributed by atoms with Gasteiger partial charge in [-0.1, -0.05) is 13.0 Å². The van der Waals surface area contributed by atoms with E-state index in [1.807, 2.05) is 0 Å². The smallest absolute Gasteiger partial charge is 0.416 e. The van der Waals surface area contributed by atoms with E-state index in [1.54, 1.807) is 13.8 Å². The van der Waals surface area contributed by atoms with Crippen LogP contribution in [0.2, 0.25) is 0 Å². The van der Waals surface area contributed by atoms with E-state index >= 15 is 0 Å². The number of rotatable bonds is 9. The molecule has 1 aliphatic heterocycles. The van der Waals surface area contributed by atoms with E-state index in [-0.39, 0.29) is 47.3 Å². The topological polar surface area (TPSA) is 138 Å². The number of anilines is 2. The number of nitrogens with zero attached hydrogens (tertiary/aromatic N) is 2. The molecule has 4 rings (SSSR count). The molecule has 3 amide bonds. The number of carbonyl (C=O) groups is 2. The number of likely N-dealkylation sites (N-methyl/N-ethyl adjacent to an activating group) is 1. The zero-order valence-electron chi connectivity index (χ0n) is 25.5. The summed E-state index contributed by atoms with van der Waals surface area (Å²) < 4.78 is 78.3. The van der Waals surface area contributed by atoms with Crippen molar-refractivity contribution in [2.75, 3.05) is 44.5 Å². The van der Waals surface area contributed by atoms with E-state index in [1.165, 1.54) is 61.5 Å². The highest BCUT2D eigenvalue weighted by Gasteiger charge is 2.36. The number of sulfonamides is 1. The zero-order valence-corrected chi connectivity index (χ0v) is 26.4. The summed E-state index contributed by atoms with van der Waals surface area (Å²) in [5.41, 5.74) is -0.673. The number of aliphatic hydroxyl groups excluding tert-OH is 1. The van der Waals surface area contributed by atoms with Crippen LogP contribution in [0.25, 0.3) is 0 Å².